The minimum Gasteiger partial charge on any atom is -0.493 e. The first kappa shape index (κ1) is 24.8. The third-order valence-electron chi connectivity index (χ3n) is 4.32. The second kappa shape index (κ2) is 11.8. The Morgan fingerprint density at radius 1 is 1.12 bits per heavy atom. The molecule has 0 saturated heterocycles. The normalized spacial score (nSPS) is 11.2. The third-order valence-corrected chi connectivity index (χ3v) is 5.50. The van der Waals surface area contributed by atoms with Gasteiger partial charge in [0.25, 0.3) is 5.91 Å². The largest absolute Gasteiger partial charge is 0.493 e. The number of hydrogen-bond donors (Lipinski definition) is 1. The number of carbonyl (C=O) groups is 1. The average Bonchev–Trinajstić information content (AvgIpc) is 2.78. The molecule has 0 saturated carbocycles. The monoisotopic (exact) mass is 550 g/mol. The molecular formula is C24H18BrCl2FN2O3. The van der Waals surface area contributed by atoms with Crippen molar-refractivity contribution in [3.63, 3.8) is 0 Å². The van der Waals surface area contributed by atoms with Gasteiger partial charge in [-0.15, -0.1) is 0 Å². The molecular weight excluding hydrogens is 534 g/mol. The van der Waals surface area contributed by atoms with Crippen LogP contribution in [0, 0.1) is 5.82 Å². The van der Waals surface area contributed by atoms with Crippen molar-refractivity contribution in [2.75, 3.05) is 7.11 Å². The van der Waals surface area contributed by atoms with E-state index in [4.69, 9.17) is 32.7 Å². The zero-order chi connectivity index (χ0) is 23.8. The van der Waals surface area contributed by atoms with Crippen LogP contribution in [0.5, 0.6) is 11.5 Å². The van der Waals surface area contributed by atoms with Gasteiger partial charge < -0.3 is 9.47 Å². The lowest BCUT2D eigenvalue weighted by atomic mass is 10.2. The summed E-state index contributed by atoms with van der Waals surface area (Å²) in [5.41, 5.74) is 4.53. The Balaban J connectivity index is 1.63. The second-order valence-electron chi connectivity index (χ2n) is 6.68. The smallest absolute Gasteiger partial charge is 0.264 e. The van der Waals surface area contributed by atoms with Gasteiger partial charge in [-0.2, -0.15) is 5.10 Å². The summed E-state index contributed by atoms with van der Waals surface area (Å²) >= 11 is 15.6. The van der Waals surface area contributed by atoms with E-state index in [2.05, 4.69) is 26.5 Å². The van der Waals surface area contributed by atoms with Gasteiger partial charge in [0.2, 0.25) is 0 Å². The molecule has 33 heavy (non-hydrogen) atoms. The molecule has 5 nitrogen and oxygen atoms in total. The van der Waals surface area contributed by atoms with Crippen LogP contribution < -0.4 is 14.9 Å². The fourth-order valence-corrected chi connectivity index (χ4v) is 3.73. The van der Waals surface area contributed by atoms with E-state index in [-0.39, 0.29) is 12.4 Å². The maximum atomic E-state index is 12.9. The van der Waals surface area contributed by atoms with Crippen molar-refractivity contribution in [3.05, 3.63) is 97.7 Å². The molecule has 0 aliphatic heterocycles. The molecule has 0 aliphatic rings. The van der Waals surface area contributed by atoms with Crippen LogP contribution in [0.2, 0.25) is 10.0 Å². The van der Waals surface area contributed by atoms with E-state index in [1.807, 2.05) is 0 Å². The molecule has 0 heterocycles. The molecule has 1 amide bonds. The zero-order valence-electron chi connectivity index (χ0n) is 17.3. The van der Waals surface area contributed by atoms with E-state index < -0.39 is 5.91 Å². The summed E-state index contributed by atoms with van der Waals surface area (Å²) in [7, 11) is 1.52. The summed E-state index contributed by atoms with van der Waals surface area (Å²) in [6.45, 7) is 0.217. The third kappa shape index (κ3) is 7.32. The first-order valence-corrected chi connectivity index (χ1v) is 11.1. The van der Waals surface area contributed by atoms with Crippen molar-refractivity contribution in [2.45, 2.75) is 6.61 Å². The van der Waals surface area contributed by atoms with Crippen molar-refractivity contribution in [3.8, 4) is 11.5 Å². The summed E-state index contributed by atoms with van der Waals surface area (Å²) in [6, 6.07) is 14.4. The number of nitrogens with one attached hydrogen (secondary N) is 1. The number of hydrogen-bond acceptors (Lipinski definition) is 4. The van der Waals surface area contributed by atoms with E-state index in [0.29, 0.717) is 37.1 Å². The Morgan fingerprint density at radius 3 is 2.58 bits per heavy atom. The topological polar surface area (TPSA) is 59.9 Å². The minimum absolute atomic E-state index is 0.217. The number of methoxy groups -OCH3 is 1. The van der Waals surface area contributed by atoms with Gasteiger partial charge >= 0.3 is 0 Å². The van der Waals surface area contributed by atoms with Gasteiger partial charge in [0.15, 0.2) is 11.5 Å². The van der Waals surface area contributed by atoms with E-state index in [1.165, 1.54) is 31.5 Å². The van der Waals surface area contributed by atoms with Gasteiger partial charge in [0.1, 0.15) is 12.4 Å². The predicted octanol–water partition coefficient (Wildman–Crippen LogP) is 6.65. The molecule has 3 aromatic carbocycles. The van der Waals surface area contributed by atoms with Crippen LogP contribution >= 0.6 is 39.1 Å². The number of benzene rings is 3. The molecule has 0 atom stereocenters. The molecule has 0 radical (unpaired) electrons. The van der Waals surface area contributed by atoms with Gasteiger partial charge in [0, 0.05) is 21.7 Å². The van der Waals surface area contributed by atoms with Gasteiger partial charge in [-0.3, -0.25) is 4.79 Å². The lowest BCUT2D eigenvalue weighted by molar-refractivity contribution is -0.116. The molecule has 0 fully saturated rings. The highest BCUT2D eigenvalue weighted by molar-refractivity contribution is 9.10. The lowest BCUT2D eigenvalue weighted by Crippen LogP contribution is -2.14. The first-order valence-electron chi connectivity index (χ1n) is 9.56. The maximum Gasteiger partial charge on any atom is 0.264 e. The van der Waals surface area contributed by atoms with Gasteiger partial charge in [-0.1, -0.05) is 41.4 Å². The van der Waals surface area contributed by atoms with E-state index in [0.717, 1.165) is 5.56 Å². The Kier molecular flexibility index (Phi) is 8.88. The molecule has 3 rings (SSSR count). The zero-order valence-corrected chi connectivity index (χ0v) is 20.4. The van der Waals surface area contributed by atoms with E-state index in [1.54, 1.807) is 48.5 Å². The molecule has 1 N–H and O–H groups in total. The van der Waals surface area contributed by atoms with Crippen molar-refractivity contribution >= 4 is 57.3 Å². The molecule has 0 aliphatic carbocycles. The van der Waals surface area contributed by atoms with Gasteiger partial charge in [0.05, 0.1) is 17.8 Å². The standard InChI is InChI=1S/C24H18BrCl2FN2O3/c1-32-22-11-16(13-29-30-23(31)9-4-15-2-7-19(28)8-3-15)10-20(25)24(22)33-14-17-5-6-18(26)12-21(17)27/h2-13H,14H2,1H3,(H,30,31)/b9-4+,29-13-. The number of rotatable bonds is 8. The van der Waals surface area contributed by atoms with Crippen LogP contribution in [0.4, 0.5) is 4.39 Å². The second-order valence-corrected chi connectivity index (χ2v) is 8.38. The number of amides is 1. The van der Waals surface area contributed by atoms with E-state index in [9.17, 15) is 9.18 Å². The summed E-state index contributed by atoms with van der Waals surface area (Å²) in [4.78, 5) is 11.9. The summed E-state index contributed by atoms with van der Waals surface area (Å²) < 4.78 is 24.9. The van der Waals surface area contributed by atoms with Crippen LogP contribution in [0.25, 0.3) is 6.08 Å². The first-order chi connectivity index (χ1) is 15.9. The number of nitrogens with zero attached hydrogens (tertiary/aromatic N) is 1. The Hall–Kier alpha value is -2.87. The lowest BCUT2D eigenvalue weighted by Gasteiger charge is -2.14. The molecule has 170 valence electrons. The maximum absolute atomic E-state index is 12.9. The Bertz CT molecular complexity index is 1200. The van der Waals surface area contributed by atoms with E-state index >= 15 is 0 Å². The fraction of sp³-hybridized carbons (Fsp3) is 0.0833. The highest BCUT2D eigenvalue weighted by Gasteiger charge is 2.12. The summed E-state index contributed by atoms with van der Waals surface area (Å²) in [5.74, 6) is 0.194. The molecule has 0 aromatic heterocycles. The molecule has 0 spiro atoms. The number of hydrazone groups is 1. The van der Waals surface area contributed by atoms with Crippen LogP contribution in [-0.2, 0) is 11.4 Å². The number of carbonyl (C=O) groups excluding carboxylic acids is 1. The van der Waals surface area contributed by atoms with Crippen molar-refractivity contribution in [2.24, 2.45) is 5.10 Å². The molecule has 9 heteroatoms. The number of ether oxygens (including phenoxy) is 2. The Labute approximate surface area is 208 Å². The van der Waals surface area contributed by atoms with Gasteiger partial charge in [-0.05, 0) is 69.5 Å². The highest BCUT2D eigenvalue weighted by atomic mass is 79.9. The molecule has 0 unspecified atom stereocenters. The SMILES string of the molecule is COc1cc(/C=N\NC(=O)/C=C/c2ccc(F)cc2)cc(Br)c1OCc1ccc(Cl)cc1Cl. The fourth-order valence-electron chi connectivity index (χ4n) is 2.70. The van der Waals surface area contributed by atoms with Crippen LogP contribution in [0.15, 0.2) is 70.2 Å². The molecule has 0 bridgehead atoms. The Morgan fingerprint density at radius 2 is 1.88 bits per heavy atom. The van der Waals surface area contributed by atoms with Crippen LogP contribution in [-0.4, -0.2) is 19.2 Å². The summed E-state index contributed by atoms with van der Waals surface area (Å²) in [5, 5.41) is 5.00. The van der Waals surface area contributed by atoms with Crippen molar-refractivity contribution in [1.29, 1.82) is 0 Å². The van der Waals surface area contributed by atoms with Gasteiger partial charge in [-0.25, -0.2) is 9.82 Å². The average molecular weight is 552 g/mol. The van der Waals surface area contributed by atoms with Crippen molar-refractivity contribution in [1.82, 2.24) is 5.43 Å². The summed E-state index contributed by atoms with van der Waals surface area (Å²) in [6.07, 6.45) is 4.33. The van der Waals surface area contributed by atoms with Crippen LogP contribution in [0.1, 0.15) is 16.7 Å². The quantitative estimate of drug-likeness (QED) is 0.194. The molecule has 3 aromatic rings. The predicted molar refractivity (Wildman–Crippen MR) is 133 cm³/mol. The van der Waals surface area contributed by atoms with Crippen LogP contribution in [0.3, 0.4) is 0 Å². The highest BCUT2D eigenvalue weighted by Crippen LogP contribution is 2.37. The minimum atomic E-state index is -0.429. The van der Waals surface area contributed by atoms with Crippen molar-refractivity contribution < 1.29 is 18.7 Å². The number of halogens is 4.